The Balaban J connectivity index is 2.17. The Bertz CT molecular complexity index is 296. The van der Waals surface area contributed by atoms with Gasteiger partial charge < -0.3 is 5.11 Å². The number of aliphatic carboxylic acids is 1. The average molecular weight is 228 g/mol. The van der Waals surface area contributed by atoms with Gasteiger partial charge in [-0.15, -0.1) is 0 Å². The number of carboxylic acids is 1. The van der Waals surface area contributed by atoms with E-state index in [4.69, 9.17) is 0 Å². The first-order valence-electron chi connectivity index (χ1n) is 5.65. The van der Waals surface area contributed by atoms with Crippen LogP contribution in [0.4, 0.5) is 0 Å². The number of rotatable bonds is 2. The van der Waals surface area contributed by atoms with Crippen LogP contribution in [0.15, 0.2) is 0 Å². The largest absolute Gasteiger partial charge is 0.481 e. The van der Waals surface area contributed by atoms with Gasteiger partial charge in [-0.3, -0.25) is 4.79 Å². The molecule has 1 aliphatic carbocycles. The minimum Gasteiger partial charge on any atom is -0.481 e. The van der Waals surface area contributed by atoms with E-state index in [0.717, 1.165) is 0 Å². The molecule has 0 aromatic carbocycles. The van der Waals surface area contributed by atoms with Crippen LogP contribution in [0.5, 0.6) is 0 Å². The third-order valence-corrected chi connectivity index (χ3v) is 5.89. The molecule has 0 spiro atoms. The molecule has 1 saturated carbocycles. The maximum atomic E-state index is 11.1. The molecule has 2 aliphatic rings. The van der Waals surface area contributed by atoms with Gasteiger partial charge in [0.25, 0.3) is 0 Å². The van der Waals surface area contributed by atoms with Crippen LogP contribution in [0.25, 0.3) is 0 Å². The topological polar surface area (TPSA) is 37.3 Å². The molecule has 1 aliphatic heterocycles. The molecular weight excluding hydrogens is 208 g/mol. The van der Waals surface area contributed by atoms with E-state index < -0.39 is 5.97 Å². The van der Waals surface area contributed by atoms with Crippen molar-refractivity contribution < 1.29 is 9.90 Å². The molecule has 1 heterocycles. The second-order valence-electron chi connectivity index (χ2n) is 6.01. The van der Waals surface area contributed by atoms with Crippen molar-refractivity contribution in [2.75, 3.05) is 5.75 Å². The summed E-state index contributed by atoms with van der Waals surface area (Å²) in [5.41, 5.74) is 0.0126. The molecule has 0 bridgehead atoms. The lowest BCUT2D eigenvalue weighted by molar-refractivity contribution is -0.139. The highest BCUT2D eigenvalue weighted by atomic mass is 32.2. The van der Waals surface area contributed by atoms with Gasteiger partial charge in [0, 0.05) is 4.75 Å². The van der Waals surface area contributed by atoms with Gasteiger partial charge in [0.2, 0.25) is 0 Å². The Morgan fingerprint density at radius 2 is 1.93 bits per heavy atom. The molecule has 2 rings (SSSR count). The highest BCUT2D eigenvalue weighted by Gasteiger charge is 2.67. The van der Waals surface area contributed by atoms with Crippen LogP contribution >= 0.6 is 11.8 Å². The molecule has 86 valence electrons. The predicted octanol–water partition coefficient (Wildman–Crippen LogP) is 2.87. The van der Waals surface area contributed by atoms with Crippen molar-refractivity contribution in [3.63, 3.8) is 0 Å². The summed E-state index contributed by atoms with van der Waals surface area (Å²) in [5.74, 6) is 1.45. The fourth-order valence-corrected chi connectivity index (χ4v) is 4.79. The van der Waals surface area contributed by atoms with Crippen LogP contribution in [0.2, 0.25) is 0 Å². The van der Waals surface area contributed by atoms with Gasteiger partial charge in [0.05, 0.1) is 5.92 Å². The van der Waals surface area contributed by atoms with Crippen molar-refractivity contribution in [2.24, 2.45) is 23.2 Å². The summed E-state index contributed by atoms with van der Waals surface area (Å²) >= 11 is 2.00. The minimum absolute atomic E-state index is 0.0126. The zero-order valence-electron chi connectivity index (χ0n) is 9.91. The normalized spacial score (nSPS) is 41.5. The quantitative estimate of drug-likeness (QED) is 0.789. The number of carboxylic acid groups (broad SMARTS) is 1. The number of thioether (sulfide) groups is 1. The Morgan fingerprint density at radius 3 is 2.27 bits per heavy atom. The summed E-state index contributed by atoms with van der Waals surface area (Å²) < 4.78 is 0.270. The van der Waals surface area contributed by atoms with Gasteiger partial charge >= 0.3 is 5.97 Å². The maximum Gasteiger partial charge on any atom is 0.307 e. The van der Waals surface area contributed by atoms with E-state index >= 15 is 0 Å². The lowest BCUT2D eigenvalue weighted by Gasteiger charge is -2.27. The van der Waals surface area contributed by atoms with Crippen LogP contribution in [0, 0.1) is 23.2 Å². The zero-order valence-corrected chi connectivity index (χ0v) is 10.7. The highest BCUT2D eigenvalue weighted by Crippen LogP contribution is 2.67. The van der Waals surface area contributed by atoms with E-state index in [1.807, 2.05) is 11.8 Å². The summed E-state index contributed by atoms with van der Waals surface area (Å²) in [6.07, 6.45) is 1.19. The molecule has 0 aromatic heterocycles. The van der Waals surface area contributed by atoms with Gasteiger partial charge in [-0.05, 0) is 29.4 Å². The smallest absolute Gasteiger partial charge is 0.307 e. The van der Waals surface area contributed by atoms with Crippen LogP contribution in [-0.2, 0) is 4.79 Å². The van der Waals surface area contributed by atoms with Crippen molar-refractivity contribution in [1.29, 1.82) is 0 Å². The zero-order chi connectivity index (χ0) is 11.4. The van der Waals surface area contributed by atoms with Gasteiger partial charge in [-0.25, -0.2) is 0 Å². The van der Waals surface area contributed by atoms with Gasteiger partial charge in [0.15, 0.2) is 0 Å². The molecule has 15 heavy (non-hydrogen) atoms. The molecule has 2 fully saturated rings. The van der Waals surface area contributed by atoms with E-state index in [1.54, 1.807) is 0 Å². The van der Waals surface area contributed by atoms with Gasteiger partial charge in [-0.1, -0.05) is 27.7 Å². The van der Waals surface area contributed by atoms with E-state index in [1.165, 1.54) is 12.2 Å². The molecule has 3 heteroatoms. The third kappa shape index (κ3) is 1.59. The van der Waals surface area contributed by atoms with Crippen LogP contribution in [0.1, 0.15) is 34.1 Å². The lowest BCUT2D eigenvalue weighted by Crippen LogP contribution is -2.26. The summed E-state index contributed by atoms with van der Waals surface area (Å²) in [5, 5.41) is 9.18. The first kappa shape index (κ1) is 11.3. The second kappa shape index (κ2) is 3.16. The summed E-state index contributed by atoms with van der Waals surface area (Å²) in [6, 6.07) is 0. The Hall–Kier alpha value is -0.180. The van der Waals surface area contributed by atoms with Gasteiger partial charge in [0.1, 0.15) is 0 Å². The van der Waals surface area contributed by atoms with Crippen LogP contribution in [-0.4, -0.2) is 21.6 Å². The molecule has 3 unspecified atom stereocenters. The lowest BCUT2D eigenvalue weighted by atomic mass is 9.85. The van der Waals surface area contributed by atoms with Crippen LogP contribution in [0.3, 0.4) is 0 Å². The van der Waals surface area contributed by atoms with E-state index in [9.17, 15) is 9.90 Å². The summed E-state index contributed by atoms with van der Waals surface area (Å²) in [4.78, 5) is 11.1. The van der Waals surface area contributed by atoms with Crippen molar-refractivity contribution >= 4 is 17.7 Å². The Morgan fingerprint density at radius 1 is 1.33 bits per heavy atom. The highest BCUT2D eigenvalue weighted by molar-refractivity contribution is 8.00. The number of hydrogen-bond donors (Lipinski definition) is 1. The molecule has 0 amide bonds. The summed E-state index contributed by atoms with van der Waals surface area (Å²) in [7, 11) is 0. The average Bonchev–Trinajstić information content (AvgIpc) is 2.43. The second-order valence-corrected chi connectivity index (χ2v) is 7.76. The Labute approximate surface area is 95.8 Å². The predicted molar refractivity (Wildman–Crippen MR) is 63.0 cm³/mol. The van der Waals surface area contributed by atoms with E-state index in [2.05, 4.69) is 27.7 Å². The van der Waals surface area contributed by atoms with E-state index in [-0.39, 0.29) is 16.1 Å². The molecule has 1 saturated heterocycles. The SMILES string of the molecule is CC1(C)SCCC1C1C(C(=O)O)C1(C)C. The molecule has 0 aromatic rings. The number of carbonyl (C=O) groups is 1. The molecule has 0 radical (unpaired) electrons. The monoisotopic (exact) mass is 228 g/mol. The number of hydrogen-bond acceptors (Lipinski definition) is 2. The summed E-state index contributed by atoms with van der Waals surface area (Å²) in [6.45, 7) is 8.75. The van der Waals surface area contributed by atoms with Crippen molar-refractivity contribution in [2.45, 2.75) is 38.9 Å². The van der Waals surface area contributed by atoms with Crippen molar-refractivity contribution in [3.8, 4) is 0 Å². The van der Waals surface area contributed by atoms with Crippen LogP contribution < -0.4 is 0 Å². The first-order chi connectivity index (χ1) is 6.78. The third-order valence-electron chi connectivity index (χ3n) is 4.41. The standard InChI is InChI=1S/C12H20O2S/c1-11(2)8(9(11)10(13)14)7-5-6-15-12(7,3)4/h7-9H,5-6H2,1-4H3,(H,13,14). The van der Waals surface area contributed by atoms with Crippen molar-refractivity contribution in [1.82, 2.24) is 0 Å². The maximum absolute atomic E-state index is 11.1. The minimum atomic E-state index is -0.599. The fraction of sp³-hybridized carbons (Fsp3) is 0.917. The molecule has 1 N–H and O–H groups in total. The Kier molecular flexibility index (Phi) is 2.38. The van der Waals surface area contributed by atoms with Gasteiger partial charge in [-0.2, -0.15) is 11.8 Å². The fourth-order valence-electron chi connectivity index (χ4n) is 3.42. The molecule has 2 nitrogen and oxygen atoms in total. The molecular formula is C12H20O2S. The van der Waals surface area contributed by atoms with E-state index in [0.29, 0.717) is 11.8 Å². The molecule has 3 atom stereocenters. The van der Waals surface area contributed by atoms with Crippen molar-refractivity contribution in [3.05, 3.63) is 0 Å². The first-order valence-corrected chi connectivity index (χ1v) is 6.64.